The van der Waals surface area contributed by atoms with Gasteiger partial charge in [-0.25, -0.2) is 0 Å². The van der Waals surface area contributed by atoms with E-state index in [2.05, 4.69) is 36.8 Å². The van der Waals surface area contributed by atoms with Gasteiger partial charge in [-0.2, -0.15) is 5.26 Å². The van der Waals surface area contributed by atoms with Gasteiger partial charge in [0, 0.05) is 11.0 Å². The minimum Gasteiger partial charge on any atom is -0.360 e. The predicted octanol–water partition coefficient (Wildman–Crippen LogP) is 2.86. The molecule has 0 saturated heterocycles. The minimum absolute atomic E-state index is 0.241. The molecule has 0 aliphatic rings. The Kier molecular flexibility index (Phi) is 4.65. The molecule has 20 heavy (non-hydrogen) atoms. The molecule has 8 heteroatoms. The first-order valence-electron chi connectivity index (χ1n) is 5.72. The van der Waals surface area contributed by atoms with E-state index in [0.717, 1.165) is 15.8 Å². The van der Waals surface area contributed by atoms with Crippen LogP contribution in [0, 0.1) is 11.3 Å². The van der Waals surface area contributed by atoms with Crippen LogP contribution in [0.3, 0.4) is 0 Å². The van der Waals surface area contributed by atoms with Gasteiger partial charge < -0.3 is 10.6 Å². The van der Waals surface area contributed by atoms with Crippen molar-refractivity contribution < 1.29 is 4.79 Å². The molecule has 0 atom stereocenters. The first-order valence-corrected chi connectivity index (χ1v) is 7.33. The van der Waals surface area contributed by atoms with Gasteiger partial charge in [0.2, 0.25) is 10.1 Å². The van der Waals surface area contributed by atoms with Crippen LogP contribution < -0.4 is 10.6 Å². The molecule has 6 nitrogen and oxygen atoms in total. The van der Waals surface area contributed by atoms with Crippen molar-refractivity contribution in [3.63, 3.8) is 0 Å². The van der Waals surface area contributed by atoms with Gasteiger partial charge in [0.1, 0.15) is 6.07 Å². The zero-order chi connectivity index (χ0) is 14.5. The third kappa shape index (κ3) is 3.31. The quantitative estimate of drug-likeness (QED) is 0.883. The summed E-state index contributed by atoms with van der Waals surface area (Å²) in [6, 6.07) is 7.06. The van der Waals surface area contributed by atoms with E-state index in [9.17, 15) is 4.79 Å². The number of nitrogens with one attached hydrogen (secondary N) is 2. The molecule has 2 N–H and O–H groups in total. The lowest BCUT2D eigenvalue weighted by molar-refractivity contribution is 0.102. The second-order valence-electron chi connectivity index (χ2n) is 3.70. The number of hydrogen-bond donors (Lipinski definition) is 2. The van der Waals surface area contributed by atoms with Crippen molar-refractivity contribution in [2.75, 3.05) is 17.2 Å². The molecular formula is C12H10BrN5OS. The molecule has 2 rings (SSSR count). The molecular weight excluding hydrogens is 342 g/mol. The zero-order valence-electron chi connectivity index (χ0n) is 10.5. The highest BCUT2D eigenvalue weighted by molar-refractivity contribution is 9.10. The molecule has 0 bridgehead atoms. The molecule has 0 saturated carbocycles. The summed E-state index contributed by atoms with van der Waals surface area (Å²) in [5.41, 5.74) is 0.824. The number of benzene rings is 1. The zero-order valence-corrected chi connectivity index (χ0v) is 12.9. The van der Waals surface area contributed by atoms with E-state index in [1.54, 1.807) is 18.2 Å². The van der Waals surface area contributed by atoms with Crippen molar-refractivity contribution in [1.82, 2.24) is 10.2 Å². The Labute approximate surface area is 128 Å². The molecule has 0 aliphatic carbocycles. The number of nitriles is 1. The number of aromatic nitrogens is 2. The van der Waals surface area contributed by atoms with Gasteiger partial charge in [-0.3, -0.25) is 4.79 Å². The van der Waals surface area contributed by atoms with Crippen molar-refractivity contribution in [3.05, 3.63) is 33.2 Å². The summed E-state index contributed by atoms with van der Waals surface area (Å²) in [7, 11) is 0. The van der Waals surface area contributed by atoms with Crippen LogP contribution in [-0.4, -0.2) is 22.6 Å². The van der Waals surface area contributed by atoms with Gasteiger partial charge in [0.15, 0.2) is 0 Å². The average molecular weight is 352 g/mol. The van der Waals surface area contributed by atoms with E-state index in [4.69, 9.17) is 5.26 Å². The van der Waals surface area contributed by atoms with E-state index in [-0.39, 0.29) is 10.9 Å². The SMILES string of the molecule is CCNc1nnc(C(=O)Nc2cc(Br)ccc2C#N)s1. The van der Waals surface area contributed by atoms with Crippen molar-refractivity contribution >= 4 is 44.0 Å². The van der Waals surface area contributed by atoms with E-state index in [0.29, 0.717) is 22.9 Å². The Hall–Kier alpha value is -1.98. The third-order valence-electron chi connectivity index (χ3n) is 2.30. The molecule has 1 aromatic heterocycles. The summed E-state index contributed by atoms with van der Waals surface area (Å²) in [5.74, 6) is -0.388. The Morgan fingerprint density at radius 1 is 1.50 bits per heavy atom. The number of anilines is 2. The topological polar surface area (TPSA) is 90.7 Å². The van der Waals surface area contributed by atoms with Crippen molar-refractivity contribution in [3.8, 4) is 6.07 Å². The summed E-state index contributed by atoms with van der Waals surface area (Å²) in [5, 5.41) is 23.2. The number of amides is 1. The lowest BCUT2D eigenvalue weighted by Gasteiger charge is -2.05. The normalized spacial score (nSPS) is 9.85. The number of carbonyl (C=O) groups excluding carboxylic acids is 1. The minimum atomic E-state index is -0.388. The summed E-state index contributed by atoms with van der Waals surface area (Å²) < 4.78 is 0.775. The summed E-state index contributed by atoms with van der Waals surface area (Å²) in [6.07, 6.45) is 0. The fourth-order valence-corrected chi connectivity index (χ4v) is 2.50. The summed E-state index contributed by atoms with van der Waals surface area (Å²) >= 11 is 4.46. The lowest BCUT2D eigenvalue weighted by Crippen LogP contribution is -2.12. The van der Waals surface area contributed by atoms with Crippen LogP contribution in [0.1, 0.15) is 22.3 Å². The molecule has 1 aromatic carbocycles. The van der Waals surface area contributed by atoms with E-state index in [1.807, 2.05) is 13.0 Å². The molecule has 1 amide bonds. The number of hydrogen-bond acceptors (Lipinski definition) is 6. The van der Waals surface area contributed by atoms with Gasteiger partial charge in [-0.15, -0.1) is 10.2 Å². The second kappa shape index (κ2) is 6.45. The summed E-state index contributed by atoms with van der Waals surface area (Å²) in [6.45, 7) is 2.64. The van der Waals surface area contributed by atoms with E-state index >= 15 is 0 Å². The highest BCUT2D eigenvalue weighted by atomic mass is 79.9. The van der Waals surface area contributed by atoms with Crippen LogP contribution in [-0.2, 0) is 0 Å². The molecule has 0 spiro atoms. The maximum atomic E-state index is 12.1. The standard InChI is InChI=1S/C12H10BrN5OS/c1-2-15-12-18-17-11(20-12)10(19)16-9-5-8(13)4-3-7(9)6-14/h3-5H,2H2,1H3,(H,15,18)(H,16,19). The van der Waals surface area contributed by atoms with Gasteiger partial charge in [0.05, 0.1) is 11.3 Å². The molecule has 1 heterocycles. The second-order valence-corrected chi connectivity index (χ2v) is 5.59. The van der Waals surface area contributed by atoms with Crippen LogP contribution >= 0.6 is 27.3 Å². The van der Waals surface area contributed by atoms with Gasteiger partial charge >= 0.3 is 0 Å². The number of nitrogens with zero attached hydrogens (tertiary/aromatic N) is 3. The van der Waals surface area contributed by atoms with Crippen molar-refractivity contribution in [2.24, 2.45) is 0 Å². The van der Waals surface area contributed by atoms with Crippen molar-refractivity contribution in [2.45, 2.75) is 6.92 Å². The monoisotopic (exact) mass is 351 g/mol. The Morgan fingerprint density at radius 3 is 3.00 bits per heavy atom. The molecule has 2 aromatic rings. The van der Waals surface area contributed by atoms with Crippen molar-refractivity contribution in [1.29, 1.82) is 5.26 Å². The van der Waals surface area contributed by atoms with Crippen LogP contribution in [0.2, 0.25) is 0 Å². The smallest absolute Gasteiger partial charge is 0.286 e. The fraction of sp³-hybridized carbons (Fsp3) is 0.167. The average Bonchev–Trinajstić information content (AvgIpc) is 2.88. The molecule has 102 valence electrons. The Morgan fingerprint density at radius 2 is 2.30 bits per heavy atom. The van der Waals surface area contributed by atoms with Crippen LogP contribution in [0.5, 0.6) is 0 Å². The van der Waals surface area contributed by atoms with Crippen LogP contribution in [0.25, 0.3) is 0 Å². The largest absolute Gasteiger partial charge is 0.360 e. The number of rotatable bonds is 4. The van der Waals surface area contributed by atoms with Gasteiger partial charge in [-0.05, 0) is 25.1 Å². The highest BCUT2D eigenvalue weighted by Crippen LogP contribution is 2.22. The first kappa shape index (κ1) is 14.4. The van der Waals surface area contributed by atoms with E-state index < -0.39 is 0 Å². The predicted molar refractivity (Wildman–Crippen MR) is 80.9 cm³/mol. The number of carbonyl (C=O) groups is 1. The molecule has 0 fully saturated rings. The van der Waals surface area contributed by atoms with Gasteiger partial charge in [0.25, 0.3) is 5.91 Å². The van der Waals surface area contributed by atoms with Crippen LogP contribution in [0.15, 0.2) is 22.7 Å². The Bertz CT molecular complexity index is 679. The Balaban J connectivity index is 2.19. The van der Waals surface area contributed by atoms with Gasteiger partial charge in [-0.1, -0.05) is 27.3 Å². The fourth-order valence-electron chi connectivity index (χ4n) is 1.43. The third-order valence-corrected chi connectivity index (χ3v) is 3.67. The maximum absolute atomic E-state index is 12.1. The molecule has 0 aliphatic heterocycles. The lowest BCUT2D eigenvalue weighted by atomic mass is 10.2. The summed E-state index contributed by atoms with van der Waals surface area (Å²) in [4.78, 5) is 12.1. The molecule has 0 radical (unpaired) electrons. The highest BCUT2D eigenvalue weighted by Gasteiger charge is 2.14. The first-order chi connectivity index (χ1) is 9.63. The number of halogens is 1. The maximum Gasteiger partial charge on any atom is 0.286 e. The van der Waals surface area contributed by atoms with E-state index in [1.165, 1.54) is 0 Å². The molecule has 0 unspecified atom stereocenters. The van der Waals surface area contributed by atoms with Crippen LogP contribution in [0.4, 0.5) is 10.8 Å².